The Kier molecular flexibility index (Phi) is 12.8. The third kappa shape index (κ3) is 9.07. The van der Waals surface area contributed by atoms with Gasteiger partial charge in [-0.3, -0.25) is 0 Å². The van der Waals surface area contributed by atoms with Crippen LogP contribution in [0.2, 0.25) is 0 Å². The fourth-order valence-corrected chi connectivity index (χ4v) is 4.26. The van der Waals surface area contributed by atoms with Crippen molar-refractivity contribution in [3.05, 3.63) is 29.8 Å². The van der Waals surface area contributed by atoms with E-state index in [4.69, 9.17) is 4.74 Å². The van der Waals surface area contributed by atoms with E-state index in [0.29, 0.717) is 25.6 Å². The second-order valence-corrected chi connectivity index (χ2v) is 9.16. The molecule has 0 saturated carbocycles. The summed E-state index contributed by atoms with van der Waals surface area (Å²) >= 11 is 0. The minimum atomic E-state index is -3.52. The topological polar surface area (TPSA) is 91.8 Å². The molecule has 1 aromatic rings. The van der Waals surface area contributed by atoms with E-state index in [1.165, 1.54) is 0 Å². The van der Waals surface area contributed by atoms with Crippen LogP contribution in [0.25, 0.3) is 0 Å². The Morgan fingerprint density at radius 3 is 2.43 bits per heavy atom. The molecule has 1 aromatic carbocycles. The number of aliphatic imine (C=N–C) groups is 1. The van der Waals surface area contributed by atoms with Crippen LogP contribution in [-0.4, -0.2) is 46.7 Å². The SMILES string of the molecule is CCNC(=NCc1ccc(S(=O)(=O)NCC2CCCO2)cc1)NCC(CC)CC.I. The summed E-state index contributed by atoms with van der Waals surface area (Å²) < 4.78 is 33.0. The van der Waals surface area contributed by atoms with E-state index in [0.717, 1.165) is 50.3 Å². The van der Waals surface area contributed by atoms with Crippen molar-refractivity contribution in [3.8, 4) is 0 Å². The van der Waals surface area contributed by atoms with Gasteiger partial charge in [0.15, 0.2) is 5.96 Å². The van der Waals surface area contributed by atoms with Crippen LogP contribution in [0.3, 0.4) is 0 Å². The number of hydrogen-bond donors (Lipinski definition) is 3. The van der Waals surface area contributed by atoms with Crippen LogP contribution in [0.15, 0.2) is 34.2 Å². The minimum absolute atomic E-state index is 0. The first kappa shape index (κ1) is 27.1. The molecule has 30 heavy (non-hydrogen) atoms. The Morgan fingerprint density at radius 1 is 1.17 bits per heavy atom. The number of nitrogens with zero attached hydrogens (tertiary/aromatic N) is 1. The van der Waals surface area contributed by atoms with Crippen molar-refractivity contribution in [1.29, 1.82) is 0 Å². The first-order valence-electron chi connectivity index (χ1n) is 10.7. The van der Waals surface area contributed by atoms with Crippen LogP contribution in [0.4, 0.5) is 0 Å². The van der Waals surface area contributed by atoms with Crippen molar-refractivity contribution >= 4 is 40.0 Å². The summed E-state index contributed by atoms with van der Waals surface area (Å²) in [6.45, 7) is 9.65. The number of nitrogens with one attached hydrogen (secondary N) is 3. The predicted octanol–water partition coefficient (Wildman–Crippen LogP) is 3.25. The van der Waals surface area contributed by atoms with Gasteiger partial charge in [-0.25, -0.2) is 18.1 Å². The molecule has 0 spiro atoms. The zero-order valence-corrected chi connectivity index (χ0v) is 21.5. The lowest BCUT2D eigenvalue weighted by Crippen LogP contribution is -2.39. The summed E-state index contributed by atoms with van der Waals surface area (Å²) in [5.41, 5.74) is 0.961. The van der Waals surface area contributed by atoms with E-state index in [1.54, 1.807) is 12.1 Å². The molecule has 1 fully saturated rings. The molecule has 1 heterocycles. The molecule has 1 saturated heterocycles. The molecule has 0 amide bonds. The number of ether oxygens (including phenoxy) is 1. The monoisotopic (exact) mass is 552 g/mol. The molecule has 0 aromatic heterocycles. The van der Waals surface area contributed by atoms with Gasteiger partial charge in [0, 0.05) is 26.2 Å². The van der Waals surface area contributed by atoms with Crippen molar-refractivity contribution in [2.75, 3.05) is 26.2 Å². The maximum absolute atomic E-state index is 12.4. The Morgan fingerprint density at radius 2 is 1.87 bits per heavy atom. The molecule has 7 nitrogen and oxygen atoms in total. The van der Waals surface area contributed by atoms with E-state index in [-0.39, 0.29) is 35.0 Å². The predicted molar refractivity (Wildman–Crippen MR) is 133 cm³/mol. The van der Waals surface area contributed by atoms with E-state index < -0.39 is 10.0 Å². The third-order valence-corrected chi connectivity index (χ3v) is 6.67. The van der Waals surface area contributed by atoms with Crippen molar-refractivity contribution in [3.63, 3.8) is 0 Å². The molecule has 0 aliphatic carbocycles. The van der Waals surface area contributed by atoms with E-state index in [1.807, 2.05) is 19.1 Å². The quantitative estimate of drug-likeness (QED) is 0.223. The molecule has 1 aliphatic rings. The molecule has 1 atom stereocenters. The lowest BCUT2D eigenvalue weighted by molar-refractivity contribution is 0.114. The molecular formula is C21H37IN4O3S. The van der Waals surface area contributed by atoms with Gasteiger partial charge in [-0.2, -0.15) is 0 Å². The molecule has 3 N–H and O–H groups in total. The molecule has 172 valence electrons. The van der Waals surface area contributed by atoms with E-state index in [2.05, 4.69) is 34.2 Å². The van der Waals surface area contributed by atoms with Gasteiger partial charge in [0.25, 0.3) is 0 Å². The van der Waals surface area contributed by atoms with Gasteiger partial charge in [-0.05, 0) is 43.4 Å². The van der Waals surface area contributed by atoms with Crippen LogP contribution in [0.5, 0.6) is 0 Å². The Labute approximate surface area is 198 Å². The van der Waals surface area contributed by atoms with Crippen LogP contribution in [0, 0.1) is 5.92 Å². The summed E-state index contributed by atoms with van der Waals surface area (Å²) in [5.74, 6) is 1.42. The molecule has 0 radical (unpaired) electrons. The van der Waals surface area contributed by atoms with Crippen molar-refractivity contribution < 1.29 is 13.2 Å². The Hall–Kier alpha value is -0.910. The Bertz CT molecular complexity index is 731. The average Bonchev–Trinajstić information content (AvgIpc) is 3.25. The molecule has 2 rings (SSSR count). The van der Waals surface area contributed by atoms with Crippen molar-refractivity contribution in [1.82, 2.24) is 15.4 Å². The highest BCUT2D eigenvalue weighted by Gasteiger charge is 2.20. The number of benzene rings is 1. The summed E-state index contributed by atoms with van der Waals surface area (Å²) in [4.78, 5) is 4.88. The van der Waals surface area contributed by atoms with Gasteiger partial charge < -0.3 is 15.4 Å². The van der Waals surface area contributed by atoms with E-state index >= 15 is 0 Å². The maximum atomic E-state index is 12.4. The average molecular weight is 553 g/mol. The van der Waals surface area contributed by atoms with E-state index in [9.17, 15) is 8.42 Å². The number of halogens is 1. The standard InChI is InChI=1S/C21H36N4O3S.HI/c1-4-17(5-2)14-23-21(22-6-3)24-15-18-9-11-20(12-10-18)29(26,27)25-16-19-8-7-13-28-19;/h9-12,17,19,25H,4-8,13-16H2,1-3H3,(H2,22,23,24);1H. The zero-order chi connectivity index (χ0) is 21.1. The van der Waals surface area contributed by atoms with Crippen LogP contribution >= 0.6 is 24.0 Å². The largest absolute Gasteiger partial charge is 0.377 e. The molecule has 1 unspecified atom stereocenters. The normalized spacial score (nSPS) is 17.1. The number of rotatable bonds is 11. The minimum Gasteiger partial charge on any atom is -0.377 e. The summed E-state index contributed by atoms with van der Waals surface area (Å²) in [6, 6.07) is 6.89. The number of guanidine groups is 1. The zero-order valence-electron chi connectivity index (χ0n) is 18.3. The third-order valence-electron chi connectivity index (χ3n) is 5.24. The second kappa shape index (κ2) is 14.2. The smallest absolute Gasteiger partial charge is 0.240 e. The first-order chi connectivity index (χ1) is 14.0. The number of hydrogen-bond acceptors (Lipinski definition) is 4. The van der Waals surface area contributed by atoms with Crippen molar-refractivity contribution in [2.45, 2.75) is 64.0 Å². The highest BCUT2D eigenvalue weighted by atomic mass is 127. The van der Waals surface area contributed by atoms with Crippen LogP contribution in [-0.2, 0) is 21.3 Å². The first-order valence-corrected chi connectivity index (χ1v) is 12.2. The summed E-state index contributed by atoms with van der Waals surface area (Å²) in [5, 5.41) is 6.65. The van der Waals surface area contributed by atoms with Crippen LogP contribution in [0.1, 0.15) is 52.0 Å². The van der Waals surface area contributed by atoms with Gasteiger partial charge >= 0.3 is 0 Å². The van der Waals surface area contributed by atoms with Crippen LogP contribution < -0.4 is 15.4 Å². The fourth-order valence-electron chi connectivity index (χ4n) is 3.20. The summed E-state index contributed by atoms with van der Waals surface area (Å²) in [7, 11) is -3.52. The molecule has 0 bridgehead atoms. The lowest BCUT2D eigenvalue weighted by Gasteiger charge is -2.16. The van der Waals surface area contributed by atoms with Gasteiger partial charge in [0.05, 0.1) is 17.5 Å². The van der Waals surface area contributed by atoms with Gasteiger partial charge in [0.1, 0.15) is 0 Å². The van der Waals surface area contributed by atoms with Crippen molar-refractivity contribution in [2.24, 2.45) is 10.9 Å². The fraction of sp³-hybridized carbons (Fsp3) is 0.667. The summed E-state index contributed by atoms with van der Waals surface area (Å²) in [6.07, 6.45) is 4.15. The Balaban J connectivity index is 0.00000450. The lowest BCUT2D eigenvalue weighted by atomic mass is 10.0. The molecule has 9 heteroatoms. The van der Waals surface area contributed by atoms with Gasteiger partial charge in [-0.1, -0.05) is 38.8 Å². The second-order valence-electron chi connectivity index (χ2n) is 7.39. The number of sulfonamides is 1. The van der Waals surface area contributed by atoms with Gasteiger partial charge in [0.2, 0.25) is 10.0 Å². The highest BCUT2D eigenvalue weighted by Crippen LogP contribution is 2.14. The van der Waals surface area contributed by atoms with Gasteiger partial charge in [-0.15, -0.1) is 24.0 Å². The molecular weight excluding hydrogens is 515 g/mol. The molecule has 1 aliphatic heterocycles. The maximum Gasteiger partial charge on any atom is 0.240 e. The highest BCUT2D eigenvalue weighted by molar-refractivity contribution is 14.0.